The lowest BCUT2D eigenvalue weighted by Gasteiger charge is -2.26. The number of nitrogens with zero attached hydrogens (tertiary/aromatic N) is 1. The molecule has 0 aromatic rings. The fraction of sp³-hybridized carbons (Fsp3) is 1.00. The summed E-state index contributed by atoms with van der Waals surface area (Å²) in [4.78, 5) is 2.11. The van der Waals surface area contributed by atoms with E-state index in [1.807, 2.05) is 27.9 Å². The van der Waals surface area contributed by atoms with Crippen molar-refractivity contribution in [3.63, 3.8) is 0 Å². The van der Waals surface area contributed by atoms with Crippen LogP contribution in [0.3, 0.4) is 0 Å². The van der Waals surface area contributed by atoms with E-state index >= 15 is 0 Å². The summed E-state index contributed by atoms with van der Waals surface area (Å²) in [6.07, 6.45) is 0. The highest BCUT2D eigenvalue weighted by molar-refractivity contribution is 4.69. The average Bonchev–Trinajstić information content (AvgIpc) is 1.90. The molecule has 0 saturated heterocycles. The van der Waals surface area contributed by atoms with Gasteiger partial charge in [0.25, 0.3) is 0 Å². The van der Waals surface area contributed by atoms with Crippen LogP contribution < -0.4 is 0 Å². The van der Waals surface area contributed by atoms with Crippen molar-refractivity contribution in [2.45, 2.75) is 33.3 Å². The van der Waals surface area contributed by atoms with E-state index in [1.165, 1.54) is 0 Å². The zero-order valence-electron chi connectivity index (χ0n) is 9.06. The minimum Gasteiger partial charge on any atom is -0.377 e. The molecule has 0 atom stereocenters. The van der Waals surface area contributed by atoms with Gasteiger partial charge in [-0.1, -0.05) is 13.8 Å². The molecule has 0 aliphatic carbocycles. The SMILES string of the molecule is CC.COC(C)(C)CN(C)C. The van der Waals surface area contributed by atoms with Gasteiger partial charge in [0.2, 0.25) is 0 Å². The molecule has 0 saturated carbocycles. The van der Waals surface area contributed by atoms with Gasteiger partial charge >= 0.3 is 0 Å². The molecule has 0 aliphatic heterocycles. The van der Waals surface area contributed by atoms with Gasteiger partial charge in [0.15, 0.2) is 0 Å². The van der Waals surface area contributed by atoms with Crippen molar-refractivity contribution in [3.8, 4) is 0 Å². The van der Waals surface area contributed by atoms with Crippen molar-refractivity contribution in [2.75, 3.05) is 27.7 Å². The first-order chi connectivity index (χ1) is 4.98. The Morgan fingerprint density at radius 3 is 1.64 bits per heavy atom. The quantitative estimate of drug-likeness (QED) is 0.627. The first-order valence-corrected chi connectivity index (χ1v) is 4.18. The Bertz CT molecular complexity index is 79.6. The molecule has 0 spiro atoms. The maximum atomic E-state index is 5.21. The van der Waals surface area contributed by atoms with E-state index < -0.39 is 0 Å². The first-order valence-electron chi connectivity index (χ1n) is 4.18. The summed E-state index contributed by atoms with van der Waals surface area (Å²) in [5, 5.41) is 0. The second kappa shape index (κ2) is 6.62. The molecule has 11 heavy (non-hydrogen) atoms. The van der Waals surface area contributed by atoms with Crippen molar-refractivity contribution in [2.24, 2.45) is 0 Å². The second-order valence-corrected chi connectivity index (χ2v) is 3.20. The molecule has 0 N–H and O–H groups in total. The Hall–Kier alpha value is -0.0800. The molecular formula is C9H23NO. The number of likely N-dealkylation sites (N-methyl/N-ethyl adjacent to an activating group) is 1. The van der Waals surface area contributed by atoms with Gasteiger partial charge in [0.05, 0.1) is 5.60 Å². The molecule has 70 valence electrons. The van der Waals surface area contributed by atoms with Crippen LogP contribution in [0.2, 0.25) is 0 Å². The van der Waals surface area contributed by atoms with Gasteiger partial charge in [-0.3, -0.25) is 0 Å². The highest BCUT2D eigenvalue weighted by Gasteiger charge is 2.16. The number of ether oxygens (including phenoxy) is 1. The molecule has 0 heterocycles. The van der Waals surface area contributed by atoms with Crippen molar-refractivity contribution in [1.82, 2.24) is 4.90 Å². The van der Waals surface area contributed by atoms with Crippen LogP contribution in [0, 0.1) is 0 Å². The molecule has 0 amide bonds. The standard InChI is InChI=1S/C7H17NO.C2H6/c1-7(2,9-5)6-8(3)4;1-2/h6H2,1-5H3;1-2H3. The number of rotatable bonds is 3. The van der Waals surface area contributed by atoms with Crippen molar-refractivity contribution < 1.29 is 4.74 Å². The minimum atomic E-state index is -0.0104. The Balaban J connectivity index is 0. The normalized spacial score (nSPS) is 10.9. The van der Waals surface area contributed by atoms with E-state index in [9.17, 15) is 0 Å². The Morgan fingerprint density at radius 1 is 1.18 bits per heavy atom. The monoisotopic (exact) mass is 161 g/mol. The Kier molecular flexibility index (Phi) is 8.13. The van der Waals surface area contributed by atoms with Crippen LogP contribution in [-0.2, 0) is 4.74 Å². The van der Waals surface area contributed by atoms with Crippen LogP contribution in [0.1, 0.15) is 27.7 Å². The van der Waals surface area contributed by atoms with E-state index in [2.05, 4.69) is 18.7 Å². The van der Waals surface area contributed by atoms with Crippen molar-refractivity contribution in [3.05, 3.63) is 0 Å². The molecular weight excluding hydrogens is 138 g/mol. The van der Waals surface area contributed by atoms with Crippen molar-refractivity contribution in [1.29, 1.82) is 0 Å². The van der Waals surface area contributed by atoms with Gasteiger partial charge in [0.1, 0.15) is 0 Å². The number of hydrogen-bond donors (Lipinski definition) is 0. The zero-order chi connectivity index (χ0) is 9.49. The van der Waals surface area contributed by atoms with Crippen molar-refractivity contribution >= 4 is 0 Å². The van der Waals surface area contributed by atoms with Gasteiger partial charge in [-0.15, -0.1) is 0 Å². The topological polar surface area (TPSA) is 12.5 Å². The lowest BCUT2D eigenvalue weighted by molar-refractivity contribution is 0.00292. The minimum absolute atomic E-state index is 0.0104. The largest absolute Gasteiger partial charge is 0.377 e. The van der Waals surface area contributed by atoms with Gasteiger partial charge < -0.3 is 9.64 Å². The van der Waals surface area contributed by atoms with Crippen LogP contribution >= 0.6 is 0 Å². The summed E-state index contributed by atoms with van der Waals surface area (Å²) in [7, 11) is 5.82. The summed E-state index contributed by atoms with van der Waals surface area (Å²) >= 11 is 0. The van der Waals surface area contributed by atoms with Crippen LogP contribution in [0.5, 0.6) is 0 Å². The van der Waals surface area contributed by atoms with Crippen LogP contribution in [0.15, 0.2) is 0 Å². The maximum Gasteiger partial charge on any atom is 0.0748 e. The lowest BCUT2D eigenvalue weighted by Crippen LogP contribution is -2.35. The fourth-order valence-corrected chi connectivity index (χ4v) is 0.826. The zero-order valence-corrected chi connectivity index (χ0v) is 9.06. The van der Waals surface area contributed by atoms with Crippen LogP contribution in [-0.4, -0.2) is 38.3 Å². The molecule has 2 nitrogen and oxygen atoms in total. The highest BCUT2D eigenvalue weighted by atomic mass is 16.5. The Labute approximate surface area is 71.5 Å². The fourth-order valence-electron chi connectivity index (χ4n) is 0.826. The predicted octanol–water partition coefficient (Wildman–Crippen LogP) is 2.00. The van der Waals surface area contributed by atoms with Crippen LogP contribution in [0.25, 0.3) is 0 Å². The van der Waals surface area contributed by atoms with Gasteiger partial charge in [-0.05, 0) is 27.9 Å². The summed E-state index contributed by atoms with van der Waals surface area (Å²) in [6, 6.07) is 0. The molecule has 0 unspecified atom stereocenters. The molecule has 0 aliphatic rings. The van der Waals surface area contributed by atoms with E-state index in [-0.39, 0.29) is 5.60 Å². The summed E-state index contributed by atoms with van der Waals surface area (Å²) < 4.78 is 5.21. The summed E-state index contributed by atoms with van der Waals surface area (Å²) in [6.45, 7) is 9.11. The molecule has 0 radical (unpaired) electrons. The Morgan fingerprint density at radius 2 is 1.55 bits per heavy atom. The molecule has 0 aromatic heterocycles. The second-order valence-electron chi connectivity index (χ2n) is 3.20. The van der Waals surface area contributed by atoms with Crippen LogP contribution in [0.4, 0.5) is 0 Å². The molecule has 0 aromatic carbocycles. The molecule has 2 heteroatoms. The summed E-state index contributed by atoms with van der Waals surface area (Å²) in [5.74, 6) is 0. The van der Waals surface area contributed by atoms with Gasteiger partial charge in [-0.2, -0.15) is 0 Å². The maximum absolute atomic E-state index is 5.21. The third-order valence-electron chi connectivity index (χ3n) is 1.25. The third kappa shape index (κ3) is 9.92. The lowest BCUT2D eigenvalue weighted by atomic mass is 10.1. The third-order valence-corrected chi connectivity index (χ3v) is 1.25. The summed E-state index contributed by atoms with van der Waals surface area (Å²) in [5.41, 5.74) is -0.0104. The van der Waals surface area contributed by atoms with Gasteiger partial charge in [0, 0.05) is 13.7 Å². The van der Waals surface area contributed by atoms with E-state index in [0.29, 0.717) is 0 Å². The highest BCUT2D eigenvalue weighted by Crippen LogP contribution is 2.06. The van der Waals surface area contributed by atoms with E-state index in [0.717, 1.165) is 6.54 Å². The molecule has 0 rings (SSSR count). The first kappa shape index (κ1) is 13.5. The molecule has 0 fully saturated rings. The average molecular weight is 161 g/mol. The smallest absolute Gasteiger partial charge is 0.0748 e. The van der Waals surface area contributed by atoms with E-state index in [1.54, 1.807) is 7.11 Å². The molecule has 0 bridgehead atoms. The predicted molar refractivity (Wildman–Crippen MR) is 51.0 cm³/mol. The number of hydrogen-bond acceptors (Lipinski definition) is 2. The number of methoxy groups -OCH3 is 1. The van der Waals surface area contributed by atoms with E-state index in [4.69, 9.17) is 4.74 Å². The van der Waals surface area contributed by atoms with Gasteiger partial charge in [-0.25, -0.2) is 0 Å².